The van der Waals surface area contributed by atoms with Crippen LogP contribution in [0.1, 0.15) is 43.2 Å². The van der Waals surface area contributed by atoms with Gasteiger partial charge in [0.1, 0.15) is 0 Å². The van der Waals surface area contributed by atoms with E-state index in [9.17, 15) is 0 Å². The highest BCUT2D eigenvalue weighted by Crippen LogP contribution is 2.18. The van der Waals surface area contributed by atoms with Crippen LogP contribution in [0.25, 0.3) is 0 Å². The van der Waals surface area contributed by atoms with Crippen molar-refractivity contribution in [2.45, 2.75) is 51.1 Å². The molecule has 0 spiro atoms. The summed E-state index contributed by atoms with van der Waals surface area (Å²) in [5.41, 5.74) is 2.67. The largest absolute Gasteiger partial charge is 0.360 e. The minimum absolute atomic E-state index is 0.552. The van der Waals surface area contributed by atoms with Crippen LogP contribution < -0.4 is 5.32 Å². The molecular weight excluding hydrogens is 324 g/mol. The van der Waals surface area contributed by atoms with E-state index in [2.05, 4.69) is 70.9 Å². The Labute approximate surface area is 157 Å². The van der Waals surface area contributed by atoms with Crippen LogP contribution in [0, 0.1) is 0 Å². The highest BCUT2D eigenvalue weighted by Gasteiger charge is 2.17. The number of nitrogens with one attached hydrogen (secondary N) is 1. The van der Waals surface area contributed by atoms with Gasteiger partial charge >= 0.3 is 0 Å². The lowest BCUT2D eigenvalue weighted by atomic mass is 9.96. The first-order chi connectivity index (χ1) is 12.3. The SMILES string of the molecule is S=C(NC1CCCCC1)N(CCc1ccccc1)Cc1ccccc1. The maximum Gasteiger partial charge on any atom is 0.169 e. The quantitative estimate of drug-likeness (QED) is 0.742. The van der Waals surface area contributed by atoms with Gasteiger partial charge in [0.05, 0.1) is 0 Å². The molecule has 3 heteroatoms. The lowest BCUT2D eigenvalue weighted by Gasteiger charge is -2.31. The number of thiocarbonyl (C=S) groups is 1. The average Bonchev–Trinajstić information content (AvgIpc) is 2.67. The average molecular weight is 353 g/mol. The molecule has 0 atom stereocenters. The van der Waals surface area contributed by atoms with E-state index in [0.717, 1.165) is 24.6 Å². The van der Waals surface area contributed by atoms with Crippen LogP contribution in [0.4, 0.5) is 0 Å². The van der Waals surface area contributed by atoms with Crippen molar-refractivity contribution in [3.05, 3.63) is 71.8 Å². The number of rotatable bonds is 6. The Morgan fingerprint density at radius 3 is 2.12 bits per heavy atom. The molecule has 1 aliphatic rings. The second kappa shape index (κ2) is 9.57. The molecule has 0 bridgehead atoms. The van der Waals surface area contributed by atoms with Crippen molar-refractivity contribution in [3.63, 3.8) is 0 Å². The first kappa shape index (κ1) is 17.9. The summed E-state index contributed by atoms with van der Waals surface area (Å²) >= 11 is 5.79. The fourth-order valence-electron chi connectivity index (χ4n) is 3.48. The number of nitrogens with zero attached hydrogens (tertiary/aromatic N) is 1. The van der Waals surface area contributed by atoms with Crippen LogP contribution >= 0.6 is 12.2 Å². The molecule has 0 heterocycles. The van der Waals surface area contributed by atoms with Crippen LogP contribution in [0.3, 0.4) is 0 Å². The van der Waals surface area contributed by atoms with Crippen molar-refractivity contribution in [2.24, 2.45) is 0 Å². The number of benzene rings is 2. The molecular formula is C22H28N2S. The minimum Gasteiger partial charge on any atom is -0.360 e. The summed E-state index contributed by atoms with van der Waals surface area (Å²) in [5, 5.41) is 4.54. The summed E-state index contributed by atoms with van der Waals surface area (Å²) in [6, 6.07) is 21.8. The van der Waals surface area contributed by atoms with E-state index in [1.807, 2.05) is 0 Å². The van der Waals surface area contributed by atoms with E-state index in [1.165, 1.54) is 43.2 Å². The lowest BCUT2D eigenvalue weighted by molar-refractivity contribution is 0.369. The molecule has 2 aromatic carbocycles. The topological polar surface area (TPSA) is 15.3 Å². The van der Waals surface area contributed by atoms with E-state index >= 15 is 0 Å². The molecule has 132 valence electrons. The summed E-state index contributed by atoms with van der Waals surface area (Å²) in [4.78, 5) is 2.33. The van der Waals surface area contributed by atoms with E-state index in [4.69, 9.17) is 12.2 Å². The van der Waals surface area contributed by atoms with E-state index in [-0.39, 0.29) is 0 Å². The van der Waals surface area contributed by atoms with Crippen LogP contribution in [0.15, 0.2) is 60.7 Å². The molecule has 0 aliphatic heterocycles. The predicted octanol–water partition coefficient (Wildman–Crippen LogP) is 4.94. The zero-order valence-electron chi connectivity index (χ0n) is 14.9. The number of hydrogen-bond donors (Lipinski definition) is 1. The van der Waals surface area contributed by atoms with Gasteiger partial charge in [-0.3, -0.25) is 0 Å². The lowest BCUT2D eigenvalue weighted by Crippen LogP contribution is -2.45. The molecule has 2 nitrogen and oxygen atoms in total. The Bertz CT molecular complexity index is 636. The maximum atomic E-state index is 5.79. The molecule has 2 aromatic rings. The molecule has 1 saturated carbocycles. The molecule has 0 radical (unpaired) electrons. The monoisotopic (exact) mass is 352 g/mol. The fraction of sp³-hybridized carbons (Fsp3) is 0.409. The summed E-state index contributed by atoms with van der Waals surface area (Å²) in [5.74, 6) is 0. The van der Waals surface area contributed by atoms with Crippen molar-refractivity contribution in [2.75, 3.05) is 6.54 Å². The third-order valence-electron chi connectivity index (χ3n) is 4.95. The second-order valence-corrected chi connectivity index (χ2v) is 7.31. The third kappa shape index (κ3) is 5.86. The van der Waals surface area contributed by atoms with Gasteiger partial charge in [-0.25, -0.2) is 0 Å². The Kier molecular flexibility index (Phi) is 6.87. The predicted molar refractivity (Wildman–Crippen MR) is 110 cm³/mol. The second-order valence-electron chi connectivity index (χ2n) is 6.93. The number of hydrogen-bond acceptors (Lipinski definition) is 1. The van der Waals surface area contributed by atoms with Gasteiger partial charge in [0.25, 0.3) is 0 Å². The molecule has 3 rings (SSSR count). The van der Waals surface area contributed by atoms with Gasteiger partial charge in [-0.05, 0) is 42.6 Å². The third-order valence-corrected chi connectivity index (χ3v) is 5.33. The molecule has 1 N–H and O–H groups in total. The molecule has 0 aromatic heterocycles. The van der Waals surface area contributed by atoms with Crippen LogP contribution in [0.2, 0.25) is 0 Å². The molecule has 0 saturated heterocycles. The molecule has 1 aliphatic carbocycles. The van der Waals surface area contributed by atoms with Crippen molar-refractivity contribution in [1.29, 1.82) is 0 Å². The van der Waals surface area contributed by atoms with Crippen molar-refractivity contribution < 1.29 is 0 Å². The molecule has 25 heavy (non-hydrogen) atoms. The molecule has 1 fully saturated rings. The zero-order chi connectivity index (χ0) is 17.3. The highest BCUT2D eigenvalue weighted by atomic mass is 32.1. The van der Waals surface area contributed by atoms with Crippen LogP contribution in [-0.2, 0) is 13.0 Å². The fourth-order valence-corrected chi connectivity index (χ4v) is 3.80. The Morgan fingerprint density at radius 1 is 0.880 bits per heavy atom. The van der Waals surface area contributed by atoms with Gasteiger partial charge in [-0.15, -0.1) is 0 Å². The van der Waals surface area contributed by atoms with Gasteiger partial charge in [-0.1, -0.05) is 79.9 Å². The van der Waals surface area contributed by atoms with Crippen molar-refractivity contribution >= 4 is 17.3 Å². The van der Waals surface area contributed by atoms with Crippen LogP contribution in [0.5, 0.6) is 0 Å². The maximum absolute atomic E-state index is 5.79. The summed E-state index contributed by atoms with van der Waals surface area (Å²) in [6.45, 7) is 1.81. The van der Waals surface area contributed by atoms with Gasteiger partial charge in [0.15, 0.2) is 5.11 Å². The molecule has 0 amide bonds. The van der Waals surface area contributed by atoms with Gasteiger partial charge < -0.3 is 10.2 Å². The first-order valence-electron chi connectivity index (χ1n) is 9.44. The summed E-state index contributed by atoms with van der Waals surface area (Å²) in [7, 11) is 0. The van der Waals surface area contributed by atoms with Gasteiger partial charge in [-0.2, -0.15) is 0 Å². The standard InChI is InChI=1S/C22H28N2S/c25-22(23-21-14-8-3-9-15-21)24(18-20-12-6-2-7-13-20)17-16-19-10-4-1-5-11-19/h1-2,4-7,10-13,21H,3,8-9,14-18H2,(H,23,25). The normalized spacial score (nSPS) is 14.9. The van der Waals surface area contributed by atoms with Gasteiger partial charge in [0.2, 0.25) is 0 Å². The summed E-state index contributed by atoms with van der Waals surface area (Å²) < 4.78 is 0. The summed E-state index contributed by atoms with van der Waals surface area (Å²) in [6.07, 6.45) is 7.52. The van der Waals surface area contributed by atoms with E-state index in [0.29, 0.717) is 6.04 Å². The minimum atomic E-state index is 0.552. The highest BCUT2D eigenvalue weighted by molar-refractivity contribution is 7.80. The van der Waals surface area contributed by atoms with Crippen molar-refractivity contribution in [3.8, 4) is 0 Å². The van der Waals surface area contributed by atoms with Crippen molar-refractivity contribution in [1.82, 2.24) is 10.2 Å². The first-order valence-corrected chi connectivity index (χ1v) is 9.85. The Hall–Kier alpha value is -1.87. The van der Waals surface area contributed by atoms with E-state index in [1.54, 1.807) is 0 Å². The Morgan fingerprint density at radius 2 is 1.48 bits per heavy atom. The van der Waals surface area contributed by atoms with Gasteiger partial charge in [0, 0.05) is 19.1 Å². The van der Waals surface area contributed by atoms with Crippen LogP contribution in [-0.4, -0.2) is 22.6 Å². The van der Waals surface area contributed by atoms with E-state index < -0.39 is 0 Å². The molecule has 0 unspecified atom stereocenters. The smallest absolute Gasteiger partial charge is 0.169 e. The zero-order valence-corrected chi connectivity index (χ0v) is 15.7. The Balaban J connectivity index is 1.63.